The molecule has 2 rings (SSSR count). The minimum Gasteiger partial charge on any atom is -0.374 e. The zero-order chi connectivity index (χ0) is 14.2. The highest BCUT2D eigenvalue weighted by atomic mass is 35.5. The summed E-state index contributed by atoms with van der Waals surface area (Å²) >= 11 is 5.85. The lowest BCUT2D eigenvalue weighted by Crippen LogP contribution is -2.28. The smallest absolute Gasteiger partial charge is 0.0814 e. The number of rotatable bonds is 8. The average Bonchev–Trinajstić information content (AvgIpc) is 2.89. The summed E-state index contributed by atoms with van der Waals surface area (Å²) < 4.78 is 11.7. The first-order valence-corrected chi connectivity index (χ1v) is 7.84. The fourth-order valence-electron chi connectivity index (χ4n) is 2.38. The second-order valence-electron chi connectivity index (χ2n) is 5.30. The molecule has 4 heteroatoms. The minimum absolute atomic E-state index is 0.246. The molecule has 1 saturated heterocycles. The maximum Gasteiger partial charge on any atom is 0.0814 e. The number of halogens is 1. The molecule has 1 heterocycles. The standard InChI is InChI=1S/C16H24ClNO2/c1-2-9-18-10-15-7-8-16(20-15)12-19-11-13-3-5-14(17)6-4-13/h3-6,15-16,18H,2,7-12H2,1H3. The molecular weight excluding hydrogens is 274 g/mol. The summed E-state index contributed by atoms with van der Waals surface area (Å²) in [7, 11) is 0. The van der Waals surface area contributed by atoms with Crippen LogP contribution in [0.1, 0.15) is 31.7 Å². The van der Waals surface area contributed by atoms with E-state index in [4.69, 9.17) is 21.1 Å². The summed E-state index contributed by atoms with van der Waals surface area (Å²) in [6.07, 6.45) is 3.99. The van der Waals surface area contributed by atoms with Gasteiger partial charge in [-0.15, -0.1) is 0 Å². The van der Waals surface area contributed by atoms with Crippen LogP contribution in [0.15, 0.2) is 24.3 Å². The molecule has 0 aliphatic carbocycles. The number of hydrogen-bond donors (Lipinski definition) is 1. The molecule has 0 amide bonds. The molecule has 2 unspecified atom stereocenters. The van der Waals surface area contributed by atoms with E-state index in [0.29, 0.717) is 19.3 Å². The second-order valence-corrected chi connectivity index (χ2v) is 5.74. The van der Waals surface area contributed by atoms with Gasteiger partial charge in [-0.05, 0) is 43.5 Å². The summed E-state index contributed by atoms with van der Waals surface area (Å²) in [6.45, 7) is 5.50. The Hall–Kier alpha value is -0.610. The summed E-state index contributed by atoms with van der Waals surface area (Å²) in [4.78, 5) is 0. The first-order valence-electron chi connectivity index (χ1n) is 7.46. The highest BCUT2D eigenvalue weighted by Crippen LogP contribution is 2.20. The largest absolute Gasteiger partial charge is 0.374 e. The van der Waals surface area contributed by atoms with Gasteiger partial charge in [0, 0.05) is 11.6 Å². The van der Waals surface area contributed by atoms with Crippen LogP contribution in [-0.4, -0.2) is 31.9 Å². The van der Waals surface area contributed by atoms with Gasteiger partial charge in [0.25, 0.3) is 0 Å². The molecule has 3 nitrogen and oxygen atoms in total. The zero-order valence-electron chi connectivity index (χ0n) is 12.1. The fourth-order valence-corrected chi connectivity index (χ4v) is 2.51. The van der Waals surface area contributed by atoms with Gasteiger partial charge in [0.05, 0.1) is 25.4 Å². The van der Waals surface area contributed by atoms with Crippen molar-refractivity contribution >= 4 is 11.6 Å². The fraction of sp³-hybridized carbons (Fsp3) is 0.625. The topological polar surface area (TPSA) is 30.5 Å². The van der Waals surface area contributed by atoms with Crippen molar-refractivity contribution in [3.05, 3.63) is 34.9 Å². The summed E-state index contributed by atoms with van der Waals surface area (Å²) in [5.41, 5.74) is 1.15. The van der Waals surface area contributed by atoms with Gasteiger partial charge < -0.3 is 14.8 Å². The molecule has 0 saturated carbocycles. The Bertz CT molecular complexity index is 383. The average molecular weight is 298 g/mol. The lowest BCUT2D eigenvalue weighted by Gasteiger charge is -2.14. The Morgan fingerprint density at radius 1 is 1.25 bits per heavy atom. The van der Waals surface area contributed by atoms with Crippen LogP contribution in [0.4, 0.5) is 0 Å². The van der Waals surface area contributed by atoms with E-state index in [1.54, 1.807) is 0 Å². The van der Waals surface area contributed by atoms with Gasteiger partial charge in [-0.25, -0.2) is 0 Å². The summed E-state index contributed by atoms with van der Waals surface area (Å²) in [5, 5.41) is 4.17. The third-order valence-corrected chi connectivity index (χ3v) is 3.73. The first kappa shape index (κ1) is 15.8. The van der Waals surface area contributed by atoms with Gasteiger partial charge >= 0.3 is 0 Å². The van der Waals surface area contributed by atoms with Gasteiger partial charge in [-0.2, -0.15) is 0 Å². The van der Waals surface area contributed by atoms with E-state index in [1.807, 2.05) is 24.3 Å². The van der Waals surface area contributed by atoms with Crippen molar-refractivity contribution in [2.75, 3.05) is 19.7 Å². The first-order chi connectivity index (χ1) is 9.78. The van der Waals surface area contributed by atoms with E-state index >= 15 is 0 Å². The van der Waals surface area contributed by atoms with Gasteiger partial charge in [0.2, 0.25) is 0 Å². The molecule has 1 aliphatic rings. The number of benzene rings is 1. The molecule has 0 bridgehead atoms. The van der Waals surface area contributed by atoms with E-state index < -0.39 is 0 Å². The van der Waals surface area contributed by atoms with E-state index in [2.05, 4.69) is 12.2 Å². The molecular formula is C16H24ClNO2. The summed E-state index contributed by atoms with van der Waals surface area (Å²) in [5.74, 6) is 0. The van der Waals surface area contributed by atoms with Gasteiger partial charge in [-0.3, -0.25) is 0 Å². The maximum absolute atomic E-state index is 5.96. The Labute approximate surface area is 126 Å². The van der Waals surface area contributed by atoms with E-state index in [-0.39, 0.29) is 6.10 Å². The SMILES string of the molecule is CCCNCC1CCC(COCc2ccc(Cl)cc2)O1. The lowest BCUT2D eigenvalue weighted by molar-refractivity contribution is -0.0189. The van der Waals surface area contributed by atoms with Crippen LogP contribution in [0, 0.1) is 0 Å². The quantitative estimate of drug-likeness (QED) is 0.746. The predicted molar refractivity (Wildman–Crippen MR) is 82.2 cm³/mol. The molecule has 0 radical (unpaired) electrons. The Kier molecular flexibility index (Phi) is 6.80. The van der Waals surface area contributed by atoms with Crippen molar-refractivity contribution in [2.24, 2.45) is 0 Å². The monoisotopic (exact) mass is 297 g/mol. The Balaban J connectivity index is 1.59. The zero-order valence-corrected chi connectivity index (χ0v) is 12.9. The minimum atomic E-state index is 0.246. The molecule has 1 aliphatic heterocycles. The second kappa shape index (κ2) is 8.63. The van der Waals surface area contributed by atoms with Crippen molar-refractivity contribution in [1.29, 1.82) is 0 Å². The normalized spacial score (nSPS) is 22.3. The maximum atomic E-state index is 5.96. The molecule has 2 atom stereocenters. The highest BCUT2D eigenvalue weighted by molar-refractivity contribution is 6.30. The molecule has 1 aromatic carbocycles. The lowest BCUT2D eigenvalue weighted by atomic mass is 10.2. The van der Waals surface area contributed by atoms with Crippen molar-refractivity contribution in [2.45, 2.75) is 45.0 Å². The predicted octanol–water partition coefficient (Wildman–Crippen LogP) is 3.40. The Morgan fingerprint density at radius 3 is 2.75 bits per heavy atom. The van der Waals surface area contributed by atoms with Gasteiger partial charge in [-0.1, -0.05) is 30.7 Å². The van der Waals surface area contributed by atoms with Crippen LogP contribution in [-0.2, 0) is 16.1 Å². The van der Waals surface area contributed by atoms with Crippen LogP contribution >= 0.6 is 11.6 Å². The van der Waals surface area contributed by atoms with Crippen LogP contribution in [0.3, 0.4) is 0 Å². The molecule has 1 aromatic rings. The number of hydrogen-bond acceptors (Lipinski definition) is 3. The molecule has 0 aromatic heterocycles. The molecule has 0 spiro atoms. The third-order valence-electron chi connectivity index (χ3n) is 3.48. The van der Waals surface area contributed by atoms with Gasteiger partial charge in [0.15, 0.2) is 0 Å². The van der Waals surface area contributed by atoms with Crippen LogP contribution in [0.25, 0.3) is 0 Å². The van der Waals surface area contributed by atoms with Crippen molar-refractivity contribution in [1.82, 2.24) is 5.32 Å². The van der Waals surface area contributed by atoms with E-state index in [0.717, 1.165) is 36.5 Å². The number of ether oxygens (including phenoxy) is 2. The van der Waals surface area contributed by atoms with Crippen LogP contribution in [0.2, 0.25) is 5.02 Å². The molecule has 1 N–H and O–H groups in total. The van der Waals surface area contributed by atoms with Crippen molar-refractivity contribution < 1.29 is 9.47 Å². The van der Waals surface area contributed by atoms with Gasteiger partial charge in [0.1, 0.15) is 0 Å². The molecule has 112 valence electrons. The summed E-state index contributed by atoms with van der Waals surface area (Å²) in [6, 6.07) is 7.77. The van der Waals surface area contributed by atoms with E-state index in [1.165, 1.54) is 6.42 Å². The highest BCUT2D eigenvalue weighted by Gasteiger charge is 2.24. The van der Waals surface area contributed by atoms with Crippen LogP contribution < -0.4 is 5.32 Å². The third kappa shape index (κ3) is 5.41. The van der Waals surface area contributed by atoms with Crippen LogP contribution in [0.5, 0.6) is 0 Å². The molecule has 1 fully saturated rings. The molecule has 20 heavy (non-hydrogen) atoms. The Morgan fingerprint density at radius 2 is 2.00 bits per heavy atom. The van der Waals surface area contributed by atoms with Crippen molar-refractivity contribution in [3.8, 4) is 0 Å². The van der Waals surface area contributed by atoms with E-state index in [9.17, 15) is 0 Å². The number of nitrogens with one attached hydrogen (secondary N) is 1. The van der Waals surface area contributed by atoms with Crippen molar-refractivity contribution in [3.63, 3.8) is 0 Å².